The number of rotatable bonds is 6. The zero-order chi connectivity index (χ0) is 23.1. The van der Waals surface area contributed by atoms with Gasteiger partial charge in [-0.15, -0.1) is 0 Å². The Bertz CT molecular complexity index is 941. The highest BCUT2D eigenvalue weighted by molar-refractivity contribution is 6.62. The summed E-state index contributed by atoms with van der Waals surface area (Å²) >= 11 is 0. The molecule has 2 aromatic rings. The lowest BCUT2D eigenvalue weighted by atomic mass is 9.78. The molecule has 7 nitrogen and oxygen atoms in total. The minimum absolute atomic E-state index is 0.110. The van der Waals surface area contributed by atoms with E-state index in [1.165, 1.54) is 0 Å². The maximum Gasteiger partial charge on any atom is 0.494 e. The second kappa shape index (κ2) is 8.56. The molecule has 2 aliphatic heterocycles. The quantitative estimate of drug-likeness (QED) is 0.692. The Morgan fingerprint density at radius 2 is 1.81 bits per heavy atom. The molecule has 32 heavy (non-hydrogen) atoms. The first-order valence-corrected chi connectivity index (χ1v) is 11.6. The van der Waals surface area contributed by atoms with E-state index >= 15 is 0 Å². The predicted molar refractivity (Wildman–Crippen MR) is 129 cm³/mol. The second-order valence-electron chi connectivity index (χ2n) is 10.8. The van der Waals surface area contributed by atoms with Crippen LogP contribution in [-0.4, -0.2) is 71.6 Å². The maximum atomic E-state index is 6.18. The molecular formula is C24H37BN4O3. The van der Waals surface area contributed by atoms with Gasteiger partial charge < -0.3 is 24.3 Å². The zero-order valence-corrected chi connectivity index (χ0v) is 20.6. The summed E-state index contributed by atoms with van der Waals surface area (Å²) in [5.74, 6) is 0.691. The van der Waals surface area contributed by atoms with Crippen LogP contribution in [0.4, 0.5) is 5.95 Å². The van der Waals surface area contributed by atoms with E-state index in [2.05, 4.69) is 62.8 Å². The topological polar surface area (TPSA) is 68.7 Å². The van der Waals surface area contributed by atoms with Crippen LogP contribution in [0.5, 0.6) is 0 Å². The van der Waals surface area contributed by atoms with Gasteiger partial charge in [-0.05, 0) is 65.9 Å². The van der Waals surface area contributed by atoms with E-state index < -0.39 is 0 Å². The Balaban J connectivity index is 1.38. The van der Waals surface area contributed by atoms with Crippen molar-refractivity contribution >= 4 is 29.4 Å². The van der Waals surface area contributed by atoms with Crippen LogP contribution in [-0.2, 0) is 14.0 Å². The number of likely N-dealkylation sites (tertiary alicyclic amines) is 1. The summed E-state index contributed by atoms with van der Waals surface area (Å²) < 4.78 is 17.9. The third-order valence-electron chi connectivity index (χ3n) is 7.21. The summed E-state index contributed by atoms with van der Waals surface area (Å²) in [6.07, 6.45) is 4.03. The highest BCUT2D eigenvalue weighted by atomic mass is 16.7. The Hall–Kier alpha value is -1.74. The Labute approximate surface area is 192 Å². The molecule has 0 aliphatic carbocycles. The van der Waals surface area contributed by atoms with Crippen LogP contribution in [0.1, 0.15) is 54.4 Å². The van der Waals surface area contributed by atoms with Gasteiger partial charge in [0.15, 0.2) is 0 Å². The molecule has 2 aliphatic rings. The first-order valence-electron chi connectivity index (χ1n) is 11.6. The van der Waals surface area contributed by atoms with Crippen molar-refractivity contribution in [2.75, 3.05) is 32.1 Å². The number of methoxy groups -OCH3 is 1. The Morgan fingerprint density at radius 1 is 1.16 bits per heavy atom. The van der Waals surface area contributed by atoms with Gasteiger partial charge in [0.2, 0.25) is 5.95 Å². The fourth-order valence-corrected chi connectivity index (χ4v) is 4.27. The van der Waals surface area contributed by atoms with E-state index in [-0.39, 0.29) is 23.9 Å². The zero-order valence-electron chi connectivity index (χ0n) is 20.6. The van der Waals surface area contributed by atoms with Crippen LogP contribution in [0.3, 0.4) is 0 Å². The standard InChI is InChI=1S/C24H37BN4O3/c1-22(2,30-7)16-29-12-10-19(11-13-29)27-21-26-15-17-14-18(8-9-20(17)28-21)25-31-23(3,4)24(5,6)32-25/h8-9,14-15,19H,10-13,16H2,1-7H3,(H,26,27,28). The number of fused-ring (bicyclic) bond motifs is 1. The van der Waals surface area contributed by atoms with Gasteiger partial charge in [0.25, 0.3) is 0 Å². The first-order chi connectivity index (χ1) is 15.0. The van der Waals surface area contributed by atoms with Crippen molar-refractivity contribution in [3.05, 3.63) is 24.4 Å². The predicted octanol–water partition coefficient (Wildman–Crippen LogP) is 3.23. The Morgan fingerprint density at radius 3 is 2.44 bits per heavy atom. The highest BCUT2D eigenvalue weighted by Gasteiger charge is 2.51. The van der Waals surface area contributed by atoms with Crippen molar-refractivity contribution in [1.29, 1.82) is 0 Å². The van der Waals surface area contributed by atoms with E-state index in [4.69, 9.17) is 19.0 Å². The average molecular weight is 440 g/mol. The van der Waals surface area contributed by atoms with Gasteiger partial charge in [-0.1, -0.05) is 12.1 Å². The lowest BCUT2D eigenvalue weighted by Crippen LogP contribution is -2.46. The number of hydrogen-bond donors (Lipinski definition) is 1. The largest absolute Gasteiger partial charge is 0.494 e. The van der Waals surface area contributed by atoms with E-state index in [0.717, 1.165) is 48.8 Å². The number of ether oxygens (including phenoxy) is 1. The highest BCUT2D eigenvalue weighted by Crippen LogP contribution is 2.36. The van der Waals surface area contributed by atoms with Crippen molar-refractivity contribution in [3.63, 3.8) is 0 Å². The maximum absolute atomic E-state index is 6.18. The molecule has 2 fully saturated rings. The lowest BCUT2D eigenvalue weighted by Gasteiger charge is -2.36. The van der Waals surface area contributed by atoms with Gasteiger partial charge in [0, 0.05) is 44.4 Å². The summed E-state index contributed by atoms with van der Waals surface area (Å²) in [4.78, 5) is 11.8. The number of piperidine rings is 1. The third kappa shape index (κ3) is 4.93. The number of anilines is 1. The minimum atomic E-state index is -0.379. The van der Waals surface area contributed by atoms with E-state index in [9.17, 15) is 0 Å². The first kappa shape index (κ1) is 23.4. The minimum Gasteiger partial charge on any atom is -0.399 e. The van der Waals surface area contributed by atoms with Gasteiger partial charge in [-0.25, -0.2) is 9.97 Å². The van der Waals surface area contributed by atoms with E-state index in [1.54, 1.807) is 7.11 Å². The van der Waals surface area contributed by atoms with Gasteiger partial charge in [-0.2, -0.15) is 0 Å². The second-order valence-corrected chi connectivity index (χ2v) is 10.8. The van der Waals surface area contributed by atoms with Crippen LogP contribution in [0.2, 0.25) is 0 Å². The summed E-state index contributed by atoms with van der Waals surface area (Å²) in [5.41, 5.74) is 1.09. The lowest BCUT2D eigenvalue weighted by molar-refractivity contribution is -0.0119. The molecule has 0 spiro atoms. The molecule has 0 bridgehead atoms. The number of hydrogen-bond acceptors (Lipinski definition) is 7. The van der Waals surface area contributed by atoms with Crippen molar-refractivity contribution in [2.45, 2.75) is 77.2 Å². The molecule has 0 unspecified atom stereocenters. The molecule has 4 rings (SSSR count). The van der Waals surface area contributed by atoms with Crippen molar-refractivity contribution < 1.29 is 14.0 Å². The molecule has 8 heteroatoms. The van der Waals surface area contributed by atoms with Gasteiger partial charge in [-0.3, -0.25) is 0 Å². The third-order valence-corrected chi connectivity index (χ3v) is 7.21. The fraction of sp³-hybridized carbons (Fsp3) is 0.667. The van der Waals surface area contributed by atoms with Crippen molar-refractivity contribution in [1.82, 2.24) is 14.9 Å². The number of nitrogens with zero attached hydrogens (tertiary/aromatic N) is 3. The van der Waals surface area contributed by atoms with Gasteiger partial charge >= 0.3 is 7.12 Å². The Kier molecular flexibility index (Phi) is 6.27. The van der Waals surface area contributed by atoms with Crippen LogP contribution in [0, 0.1) is 0 Å². The molecule has 0 radical (unpaired) electrons. The number of benzene rings is 1. The van der Waals surface area contributed by atoms with Gasteiger partial charge in [0.05, 0.1) is 22.3 Å². The molecule has 174 valence electrons. The molecule has 1 N–H and O–H groups in total. The van der Waals surface area contributed by atoms with Crippen LogP contribution >= 0.6 is 0 Å². The monoisotopic (exact) mass is 440 g/mol. The summed E-state index contributed by atoms with van der Waals surface area (Å²) in [6.45, 7) is 15.6. The smallest absolute Gasteiger partial charge is 0.399 e. The molecule has 0 amide bonds. The molecule has 3 heterocycles. The van der Waals surface area contributed by atoms with Crippen molar-refractivity contribution in [3.8, 4) is 0 Å². The van der Waals surface area contributed by atoms with Crippen molar-refractivity contribution in [2.24, 2.45) is 0 Å². The SMILES string of the molecule is COC(C)(C)CN1CCC(Nc2ncc3cc(B4OC(C)(C)C(C)(C)O4)ccc3n2)CC1. The normalized spacial score (nSPS) is 21.9. The summed E-state index contributed by atoms with van der Waals surface area (Å²) in [6, 6.07) is 6.52. The van der Waals surface area contributed by atoms with E-state index in [0.29, 0.717) is 12.0 Å². The van der Waals surface area contributed by atoms with Gasteiger partial charge in [0.1, 0.15) is 0 Å². The summed E-state index contributed by atoms with van der Waals surface area (Å²) in [5, 5.41) is 4.52. The summed E-state index contributed by atoms with van der Waals surface area (Å²) in [7, 11) is 1.40. The van der Waals surface area contributed by atoms with Crippen LogP contribution in [0.25, 0.3) is 10.9 Å². The van der Waals surface area contributed by atoms with Crippen LogP contribution < -0.4 is 10.8 Å². The number of aromatic nitrogens is 2. The average Bonchev–Trinajstić information content (AvgIpc) is 2.96. The molecule has 1 aromatic heterocycles. The molecule has 2 saturated heterocycles. The molecule has 0 saturated carbocycles. The molecular weight excluding hydrogens is 403 g/mol. The molecule has 0 atom stereocenters. The fourth-order valence-electron chi connectivity index (χ4n) is 4.27. The van der Waals surface area contributed by atoms with Crippen LogP contribution in [0.15, 0.2) is 24.4 Å². The number of nitrogens with one attached hydrogen (secondary N) is 1. The molecule has 1 aromatic carbocycles. The van der Waals surface area contributed by atoms with E-state index in [1.807, 2.05) is 18.3 Å².